The third kappa shape index (κ3) is 5.28. The Morgan fingerprint density at radius 2 is 1.73 bits per heavy atom. The zero-order valence-corrected chi connectivity index (χ0v) is 15.9. The zero-order valence-electron chi connectivity index (χ0n) is 15.1. The number of carboxylic acid groups (broad SMARTS) is 1. The summed E-state index contributed by atoms with van der Waals surface area (Å²) >= 11 is 0. The van der Waals surface area contributed by atoms with Gasteiger partial charge in [0.2, 0.25) is 10.0 Å². The number of sulfonamides is 1. The number of aliphatic carboxylic acids is 1. The number of carbonyl (C=O) groups excluding carboxylic acids is 1. The molecule has 0 aromatic heterocycles. The van der Waals surface area contributed by atoms with Gasteiger partial charge in [-0.3, -0.25) is 9.59 Å². The van der Waals surface area contributed by atoms with Crippen molar-refractivity contribution in [3.8, 4) is 0 Å². The van der Waals surface area contributed by atoms with Crippen LogP contribution in [-0.2, 0) is 14.8 Å². The second-order valence-corrected chi connectivity index (χ2v) is 8.53. The van der Waals surface area contributed by atoms with Gasteiger partial charge in [-0.25, -0.2) is 13.1 Å². The van der Waals surface area contributed by atoms with E-state index in [-0.39, 0.29) is 28.8 Å². The van der Waals surface area contributed by atoms with E-state index in [0.29, 0.717) is 37.7 Å². The molecule has 1 unspecified atom stereocenters. The molecule has 7 nitrogen and oxygen atoms in total. The van der Waals surface area contributed by atoms with Crippen molar-refractivity contribution in [3.63, 3.8) is 0 Å². The van der Waals surface area contributed by atoms with E-state index >= 15 is 0 Å². The third-order valence-electron chi connectivity index (χ3n) is 4.81. The summed E-state index contributed by atoms with van der Waals surface area (Å²) < 4.78 is 27.0. The highest BCUT2D eigenvalue weighted by molar-refractivity contribution is 7.89. The molecule has 1 amide bonds. The van der Waals surface area contributed by atoms with Crippen LogP contribution in [-0.4, -0.2) is 37.5 Å². The minimum Gasteiger partial charge on any atom is -0.481 e. The molecule has 0 aliphatic heterocycles. The van der Waals surface area contributed by atoms with Crippen molar-refractivity contribution in [2.24, 2.45) is 5.92 Å². The topological polar surface area (TPSA) is 113 Å². The number of carboxylic acids is 1. The Hall–Kier alpha value is -1.93. The molecule has 0 bridgehead atoms. The van der Waals surface area contributed by atoms with Gasteiger partial charge in [0.1, 0.15) is 0 Å². The van der Waals surface area contributed by atoms with Crippen molar-refractivity contribution in [1.82, 2.24) is 10.0 Å². The molecule has 1 fully saturated rings. The number of carbonyl (C=O) groups is 2. The molecule has 0 radical (unpaired) electrons. The van der Waals surface area contributed by atoms with Crippen LogP contribution in [0.2, 0.25) is 0 Å². The molecule has 26 heavy (non-hydrogen) atoms. The van der Waals surface area contributed by atoms with E-state index in [0.717, 1.165) is 0 Å². The summed E-state index contributed by atoms with van der Waals surface area (Å²) in [6, 6.07) is 5.60. The summed E-state index contributed by atoms with van der Waals surface area (Å²) in [7, 11) is -3.59. The number of hydrogen-bond donors (Lipinski definition) is 3. The SMILES string of the molecule is CCC(C)NS(=O)(=O)c1ccc(C(=O)NC2CCC(C(=O)O)CC2)cc1. The molecule has 0 spiro atoms. The molecular formula is C18H26N2O5S. The van der Waals surface area contributed by atoms with Crippen LogP contribution in [0.25, 0.3) is 0 Å². The first kappa shape index (κ1) is 20.4. The minimum absolute atomic E-state index is 0.0476. The Morgan fingerprint density at radius 3 is 2.23 bits per heavy atom. The number of benzene rings is 1. The second-order valence-electron chi connectivity index (χ2n) is 6.82. The molecule has 0 heterocycles. The lowest BCUT2D eigenvalue weighted by molar-refractivity contribution is -0.142. The Morgan fingerprint density at radius 1 is 1.15 bits per heavy atom. The Balaban J connectivity index is 1.96. The van der Waals surface area contributed by atoms with Crippen LogP contribution >= 0.6 is 0 Å². The predicted molar refractivity (Wildman–Crippen MR) is 97.4 cm³/mol. The van der Waals surface area contributed by atoms with Crippen LogP contribution in [0.15, 0.2) is 29.2 Å². The van der Waals surface area contributed by atoms with Crippen LogP contribution in [0, 0.1) is 5.92 Å². The number of rotatable bonds is 7. The maximum absolute atomic E-state index is 12.3. The van der Waals surface area contributed by atoms with E-state index in [1.54, 1.807) is 6.92 Å². The highest BCUT2D eigenvalue weighted by atomic mass is 32.2. The van der Waals surface area contributed by atoms with E-state index in [2.05, 4.69) is 10.0 Å². The van der Waals surface area contributed by atoms with Crippen molar-refractivity contribution < 1.29 is 23.1 Å². The highest BCUT2D eigenvalue weighted by Gasteiger charge is 2.27. The predicted octanol–water partition coefficient (Wildman–Crippen LogP) is 2.14. The largest absolute Gasteiger partial charge is 0.481 e. The summed E-state index contributed by atoms with van der Waals surface area (Å²) in [4.78, 5) is 23.4. The molecule has 1 aromatic rings. The Bertz CT molecular complexity index is 737. The van der Waals surface area contributed by atoms with Crippen molar-refractivity contribution in [1.29, 1.82) is 0 Å². The zero-order chi connectivity index (χ0) is 19.3. The van der Waals surface area contributed by atoms with Gasteiger partial charge in [-0.2, -0.15) is 0 Å². The number of hydrogen-bond acceptors (Lipinski definition) is 4. The van der Waals surface area contributed by atoms with Gasteiger partial charge in [0, 0.05) is 17.6 Å². The van der Waals surface area contributed by atoms with Crippen molar-refractivity contribution >= 4 is 21.9 Å². The average Bonchev–Trinajstić information content (AvgIpc) is 2.61. The Labute approximate surface area is 154 Å². The van der Waals surface area contributed by atoms with Gasteiger partial charge in [-0.05, 0) is 63.3 Å². The quantitative estimate of drug-likeness (QED) is 0.669. The second kappa shape index (κ2) is 8.64. The first-order chi connectivity index (χ1) is 12.2. The molecule has 1 saturated carbocycles. The normalized spacial score (nSPS) is 21.8. The fraction of sp³-hybridized carbons (Fsp3) is 0.556. The molecule has 2 rings (SSSR count). The smallest absolute Gasteiger partial charge is 0.306 e. The van der Waals surface area contributed by atoms with Crippen LogP contribution in [0.5, 0.6) is 0 Å². The summed E-state index contributed by atoms with van der Waals surface area (Å²) in [6.07, 6.45) is 3.06. The van der Waals surface area contributed by atoms with E-state index < -0.39 is 16.0 Å². The molecule has 3 N–H and O–H groups in total. The molecule has 1 aliphatic carbocycles. The number of nitrogens with one attached hydrogen (secondary N) is 2. The molecule has 0 saturated heterocycles. The van der Waals surface area contributed by atoms with Crippen LogP contribution in [0.4, 0.5) is 0 Å². The third-order valence-corrected chi connectivity index (χ3v) is 6.41. The standard InChI is InChI=1S/C18H26N2O5S/c1-3-12(2)20-26(24,25)16-10-6-13(7-11-16)17(21)19-15-8-4-14(5-9-15)18(22)23/h6-7,10-12,14-15,20H,3-5,8-9H2,1-2H3,(H,19,21)(H,22,23). The summed E-state index contributed by atoms with van der Waals surface area (Å²) in [5.41, 5.74) is 0.382. The summed E-state index contributed by atoms with van der Waals surface area (Å²) in [5.74, 6) is -1.38. The maximum atomic E-state index is 12.3. The Kier molecular flexibility index (Phi) is 6.77. The van der Waals surface area contributed by atoms with Gasteiger partial charge < -0.3 is 10.4 Å². The first-order valence-corrected chi connectivity index (χ1v) is 10.4. The van der Waals surface area contributed by atoms with Crippen molar-refractivity contribution in [2.45, 2.75) is 62.9 Å². The molecule has 144 valence electrons. The van der Waals surface area contributed by atoms with Gasteiger partial charge in [0.05, 0.1) is 10.8 Å². The van der Waals surface area contributed by atoms with Gasteiger partial charge in [-0.1, -0.05) is 6.92 Å². The summed E-state index contributed by atoms with van der Waals surface area (Å²) in [6.45, 7) is 3.68. The van der Waals surface area contributed by atoms with Gasteiger partial charge in [-0.15, -0.1) is 0 Å². The van der Waals surface area contributed by atoms with Gasteiger partial charge in [0.15, 0.2) is 0 Å². The van der Waals surface area contributed by atoms with E-state index in [1.807, 2.05) is 6.92 Å². The monoisotopic (exact) mass is 382 g/mol. The van der Waals surface area contributed by atoms with Crippen LogP contribution in [0.3, 0.4) is 0 Å². The molecule has 1 aromatic carbocycles. The van der Waals surface area contributed by atoms with Gasteiger partial charge in [0.25, 0.3) is 5.91 Å². The van der Waals surface area contributed by atoms with Crippen molar-refractivity contribution in [3.05, 3.63) is 29.8 Å². The van der Waals surface area contributed by atoms with E-state index in [4.69, 9.17) is 5.11 Å². The highest BCUT2D eigenvalue weighted by Crippen LogP contribution is 2.24. The van der Waals surface area contributed by atoms with Crippen LogP contribution < -0.4 is 10.0 Å². The van der Waals surface area contributed by atoms with Gasteiger partial charge >= 0.3 is 5.97 Å². The van der Waals surface area contributed by atoms with Crippen LogP contribution in [0.1, 0.15) is 56.3 Å². The fourth-order valence-corrected chi connectivity index (χ4v) is 4.28. The lowest BCUT2D eigenvalue weighted by atomic mass is 9.86. The van der Waals surface area contributed by atoms with E-state index in [9.17, 15) is 18.0 Å². The maximum Gasteiger partial charge on any atom is 0.306 e. The van der Waals surface area contributed by atoms with Crippen molar-refractivity contribution in [2.75, 3.05) is 0 Å². The lowest BCUT2D eigenvalue weighted by Crippen LogP contribution is -2.38. The molecule has 1 atom stereocenters. The average molecular weight is 382 g/mol. The minimum atomic E-state index is -3.59. The summed E-state index contributed by atoms with van der Waals surface area (Å²) in [5, 5.41) is 11.9. The molecule has 8 heteroatoms. The number of amides is 1. The molecule has 1 aliphatic rings. The lowest BCUT2D eigenvalue weighted by Gasteiger charge is -2.26. The van der Waals surface area contributed by atoms with E-state index in [1.165, 1.54) is 24.3 Å². The fourth-order valence-electron chi connectivity index (χ4n) is 2.96. The molecular weight excluding hydrogens is 356 g/mol. The first-order valence-electron chi connectivity index (χ1n) is 8.89.